The number of nitrogens with zero attached hydrogens (tertiary/aromatic N) is 3. The number of ether oxygens (including phenoxy) is 2. The number of methoxy groups -OCH3 is 1. The van der Waals surface area contributed by atoms with E-state index in [9.17, 15) is 8.78 Å². The fourth-order valence-electron chi connectivity index (χ4n) is 1.84. The average Bonchev–Trinajstić information content (AvgIpc) is 2.83. The van der Waals surface area contributed by atoms with E-state index in [1.165, 1.54) is 0 Å². The van der Waals surface area contributed by atoms with Crippen molar-refractivity contribution in [3.05, 3.63) is 5.82 Å². The predicted octanol–water partition coefficient (Wildman–Crippen LogP) is 1.20. The van der Waals surface area contributed by atoms with Crippen LogP contribution in [0.5, 0.6) is 0 Å². The Morgan fingerprint density at radius 1 is 1.32 bits per heavy atom. The lowest BCUT2D eigenvalue weighted by atomic mass is 10.1. The molecule has 108 valence electrons. The Balaban J connectivity index is 1.80. The van der Waals surface area contributed by atoms with E-state index >= 15 is 0 Å². The van der Waals surface area contributed by atoms with Crippen molar-refractivity contribution < 1.29 is 18.3 Å². The molecule has 0 bridgehead atoms. The topological polar surface area (TPSA) is 63.3 Å². The van der Waals surface area contributed by atoms with Crippen LogP contribution in [-0.4, -0.2) is 54.5 Å². The molecule has 0 spiro atoms. The van der Waals surface area contributed by atoms with Crippen LogP contribution < -0.4 is 4.90 Å². The third kappa shape index (κ3) is 4.10. The van der Waals surface area contributed by atoms with Gasteiger partial charge in [-0.25, -0.2) is 8.78 Å². The van der Waals surface area contributed by atoms with E-state index in [1.54, 1.807) is 12.0 Å². The molecular weight excluding hydrogens is 258 g/mol. The molecule has 1 aromatic heterocycles. The summed E-state index contributed by atoms with van der Waals surface area (Å²) in [4.78, 5) is 5.98. The highest BCUT2D eigenvalue weighted by molar-refractivity contribution is 5.29. The summed E-state index contributed by atoms with van der Waals surface area (Å²) in [6.45, 7) is 1.84. The summed E-state index contributed by atoms with van der Waals surface area (Å²) in [7, 11) is 1.60. The van der Waals surface area contributed by atoms with Gasteiger partial charge in [0, 0.05) is 33.0 Å². The number of H-pyrrole nitrogens is 1. The van der Waals surface area contributed by atoms with E-state index in [-0.39, 0.29) is 25.9 Å². The van der Waals surface area contributed by atoms with E-state index in [1.807, 2.05) is 0 Å². The Morgan fingerprint density at radius 3 is 2.74 bits per heavy atom. The SMILES string of the molecule is COCCOCc1nc(N2CCC(F)(F)CC2)n[nH]1. The van der Waals surface area contributed by atoms with Gasteiger partial charge < -0.3 is 14.4 Å². The average molecular weight is 276 g/mol. The lowest BCUT2D eigenvalue weighted by Gasteiger charge is -2.30. The van der Waals surface area contributed by atoms with Crippen LogP contribution in [0, 0.1) is 0 Å². The van der Waals surface area contributed by atoms with Gasteiger partial charge >= 0.3 is 0 Å². The van der Waals surface area contributed by atoms with Crippen LogP contribution in [0.25, 0.3) is 0 Å². The molecule has 8 heteroatoms. The number of halogens is 2. The predicted molar refractivity (Wildman–Crippen MR) is 64.3 cm³/mol. The molecule has 0 aromatic carbocycles. The molecule has 1 aliphatic heterocycles. The number of anilines is 1. The largest absolute Gasteiger partial charge is 0.382 e. The zero-order valence-corrected chi connectivity index (χ0v) is 10.9. The quantitative estimate of drug-likeness (QED) is 0.791. The molecular formula is C11H18F2N4O2. The third-order valence-electron chi connectivity index (χ3n) is 2.97. The van der Waals surface area contributed by atoms with Gasteiger partial charge in [0.2, 0.25) is 5.95 Å². The van der Waals surface area contributed by atoms with Crippen LogP contribution in [0.4, 0.5) is 14.7 Å². The van der Waals surface area contributed by atoms with E-state index in [0.717, 1.165) is 0 Å². The summed E-state index contributed by atoms with van der Waals surface area (Å²) in [5, 5.41) is 6.76. The van der Waals surface area contributed by atoms with Crippen LogP contribution in [0.1, 0.15) is 18.7 Å². The number of aromatic nitrogens is 3. The number of hydrogen-bond acceptors (Lipinski definition) is 5. The molecule has 1 aromatic rings. The normalized spacial score (nSPS) is 18.8. The first-order chi connectivity index (χ1) is 9.11. The zero-order valence-electron chi connectivity index (χ0n) is 10.9. The zero-order chi connectivity index (χ0) is 13.7. The van der Waals surface area contributed by atoms with Crippen molar-refractivity contribution in [2.24, 2.45) is 0 Å². The first kappa shape index (κ1) is 14.1. The lowest BCUT2D eigenvalue weighted by molar-refractivity contribution is -0.0222. The van der Waals surface area contributed by atoms with Gasteiger partial charge in [0.15, 0.2) is 5.82 Å². The lowest BCUT2D eigenvalue weighted by Crippen LogP contribution is -2.39. The molecule has 1 saturated heterocycles. The molecule has 0 aliphatic carbocycles. The van der Waals surface area contributed by atoms with Gasteiger partial charge in [-0.2, -0.15) is 4.98 Å². The molecule has 0 saturated carbocycles. The van der Waals surface area contributed by atoms with Gasteiger partial charge in [0.25, 0.3) is 5.92 Å². The van der Waals surface area contributed by atoms with Crippen LogP contribution in [0.3, 0.4) is 0 Å². The number of hydrogen-bond donors (Lipinski definition) is 1. The van der Waals surface area contributed by atoms with E-state index in [0.29, 0.717) is 31.6 Å². The van der Waals surface area contributed by atoms with Crippen LogP contribution in [0.15, 0.2) is 0 Å². The number of alkyl halides is 2. The highest BCUT2D eigenvalue weighted by atomic mass is 19.3. The van der Waals surface area contributed by atoms with Gasteiger partial charge in [-0.3, -0.25) is 5.10 Å². The van der Waals surface area contributed by atoms with E-state index in [4.69, 9.17) is 9.47 Å². The van der Waals surface area contributed by atoms with Gasteiger partial charge in [0.1, 0.15) is 6.61 Å². The fraction of sp³-hybridized carbons (Fsp3) is 0.818. The second-order valence-electron chi connectivity index (χ2n) is 4.47. The van der Waals surface area contributed by atoms with Crippen LogP contribution in [-0.2, 0) is 16.1 Å². The van der Waals surface area contributed by atoms with E-state index < -0.39 is 5.92 Å². The van der Waals surface area contributed by atoms with Gasteiger partial charge in [0.05, 0.1) is 13.2 Å². The minimum Gasteiger partial charge on any atom is -0.382 e. The van der Waals surface area contributed by atoms with E-state index in [2.05, 4.69) is 15.2 Å². The van der Waals surface area contributed by atoms with Crippen molar-refractivity contribution in [2.75, 3.05) is 38.3 Å². The number of rotatable bonds is 6. The molecule has 19 heavy (non-hydrogen) atoms. The minimum atomic E-state index is -2.56. The van der Waals surface area contributed by atoms with Crippen molar-refractivity contribution >= 4 is 5.95 Å². The number of aromatic amines is 1. The summed E-state index contributed by atoms with van der Waals surface area (Å²) in [5.74, 6) is -1.51. The van der Waals surface area contributed by atoms with Crippen LogP contribution in [0.2, 0.25) is 0 Å². The first-order valence-electron chi connectivity index (χ1n) is 6.21. The van der Waals surface area contributed by atoms with Crippen molar-refractivity contribution in [1.82, 2.24) is 15.2 Å². The summed E-state index contributed by atoms with van der Waals surface area (Å²) >= 11 is 0. The molecule has 0 atom stereocenters. The van der Waals surface area contributed by atoms with Crippen molar-refractivity contribution in [1.29, 1.82) is 0 Å². The maximum Gasteiger partial charge on any atom is 0.251 e. The molecule has 1 N–H and O–H groups in total. The molecule has 1 aliphatic rings. The van der Waals surface area contributed by atoms with Gasteiger partial charge in [-0.05, 0) is 0 Å². The number of piperidine rings is 1. The van der Waals surface area contributed by atoms with Crippen LogP contribution >= 0.6 is 0 Å². The first-order valence-corrected chi connectivity index (χ1v) is 6.21. The molecule has 0 radical (unpaired) electrons. The Bertz CT molecular complexity index is 390. The van der Waals surface area contributed by atoms with Gasteiger partial charge in [-0.1, -0.05) is 0 Å². The molecule has 6 nitrogen and oxygen atoms in total. The van der Waals surface area contributed by atoms with Gasteiger partial charge in [-0.15, -0.1) is 5.10 Å². The molecule has 2 heterocycles. The smallest absolute Gasteiger partial charge is 0.251 e. The standard InChI is InChI=1S/C11H18F2N4O2/c1-18-6-7-19-8-9-14-10(16-15-9)17-4-2-11(12,13)3-5-17/h2-8H2,1H3,(H,14,15,16). The summed E-state index contributed by atoms with van der Waals surface area (Å²) in [5.41, 5.74) is 0. The Morgan fingerprint density at radius 2 is 2.05 bits per heavy atom. The molecule has 1 fully saturated rings. The fourth-order valence-corrected chi connectivity index (χ4v) is 1.84. The number of nitrogens with one attached hydrogen (secondary N) is 1. The maximum atomic E-state index is 13.0. The van der Waals surface area contributed by atoms with Crippen molar-refractivity contribution in [3.63, 3.8) is 0 Å². The summed E-state index contributed by atoms with van der Waals surface area (Å²) in [6.07, 6.45) is -0.303. The molecule has 2 rings (SSSR count). The summed E-state index contributed by atoms with van der Waals surface area (Å²) < 4.78 is 36.2. The Labute approximate surface area is 110 Å². The third-order valence-corrected chi connectivity index (χ3v) is 2.97. The molecule has 0 amide bonds. The second-order valence-corrected chi connectivity index (χ2v) is 4.47. The van der Waals surface area contributed by atoms with Crippen molar-refractivity contribution in [3.8, 4) is 0 Å². The Hall–Kier alpha value is -1.28. The Kier molecular flexibility index (Phi) is 4.65. The highest BCUT2D eigenvalue weighted by Crippen LogP contribution is 2.29. The minimum absolute atomic E-state index is 0.152. The molecule has 0 unspecified atom stereocenters. The second kappa shape index (κ2) is 6.25. The summed E-state index contributed by atoms with van der Waals surface area (Å²) in [6, 6.07) is 0. The van der Waals surface area contributed by atoms with Crippen molar-refractivity contribution in [2.45, 2.75) is 25.4 Å². The highest BCUT2D eigenvalue weighted by Gasteiger charge is 2.35. The monoisotopic (exact) mass is 276 g/mol. The maximum absolute atomic E-state index is 13.0.